The number of ketones is 1. The maximum atomic E-state index is 12.5. The van der Waals surface area contributed by atoms with E-state index in [-0.39, 0.29) is 5.78 Å². The Labute approximate surface area is 197 Å². The van der Waals surface area contributed by atoms with Gasteiger partial charge in [-0.1, -0.05) is 54.6 Å². The first-order valence-electron chi connectivity index (χ1n) is 11.2. The monoisotopic (exact) mass is 458 g/mol. The third-order valence-electron chi connectivity index (χ3n) is 5.41. The van der Waals surface area contributed by atoms with Crippen molar-refractivity contribution < 1.29 is 23.8 Å². The van der Waals surface area contributed by atoms with Gasteiger partial charge < -0.3 is 19.2 Å². The van der Waals surface area contributed by atoms with Crippen molar-refractivity contribution >= 4 is 28.9 Å². The Balaban J connectivity index is 1.51. The molecule has 0 saturated heterocycles. The van der Waals surface area contributed by atoms with Crippen molar-refractivity contribution in [3.63, 3.8) is 0 Å². The van der Waals surface area contributed by atoms with E-state index >= 15 is 0 Å². The summed E-state index contributed by atoms with van der Waals surface area (Å²) < 4.78 is 11.5. The first-order valence-corrected chi connectivity index (χ1v) is 11.2. The van der Waals surface area contributed by atoms with Gasteiger partial charge in [-0.25, -0.2) is 4.79 Å². The third-order valence-corrected chi connectivity index (χ3v) is 5.41. The number of hydrogen-bond acceptors (Lipinski definition) is 6. The van der Waals surface area contributed by atoms with Crippen LogP contribution in [0.25, 0.3) is 11.1 Å². The number of hydrogen-bond donors (Lipinski definition) is 1. The normalized spacial score (nSPS) is 11.8. The lowest BCUT2D eigenvalue weighted by Gasteiger charge is -2.21. The molecule has 1 N–H and O–H groups in total. The van der Waals surface area contributed by atoms with Gasteiger partial charge in [0.1, 0.15) is 11.3 Å². The second kappa shape index (κ2) is 10.7. The molecule has 4 aromatic rings. The summed E-state index contributed by atoms with van der Waals surface area (Å²) in [6.07, 6.45) is 0.0750. The molecule has 0 amide bonds. The standard InChI is InChI=1S/C27H26N2O5/c1-19(26(31)32)33-22-12-7-9-20(17-22)18-29(27-28-23-13-5-6-15-25(23)34-27)16-8-14-24(30)21-10-3-2-4-11-21/h2-7,9-13,15,17,19H,8,14,16,18H2,1H3,(H,31,32). The van der Waals surface area contributed by atoms with E-state index in [1.165, 1.54) is 6.92 Å². The number of aromatic nitrogens is 1. The first kappa shape index (κ1) is 23.0. The van der Waals surface area contributed by atoms with Crippen molar-refractivity contribution in [1.82, 2.24) is 4.98 Å². The van der Waals surface area contributed by atoms with Gasteiger partial charge in [-0.2, -0.15) is 4.98 Å². The van der Waals surface area contributed by atoms with Crippen molar-refractivity contribution in [3.05, 3.63) is 90.0 Å². The number of para-hydroxylation sites is 2. The molecular formula is C27H26N2O5. The smallest absolute Gasteiger partial charge is 0.344 e. The van der Waals surface area contributed by atoms with Crippen LogP contribution in [0.5, 0.6) is 5.75 Å². The molecule has 0 aliphatic rings. The van der Waals surface area contributed by atoms with E-state index in [1.807, 2.05) is 77.7 Å². The summed E-state index contributed by atoms with van der Waals surface area (Å²) in [5.41, 5.74) is 3.06. The zero-order chi connectivity index (χ0) is 23.9. The molecule has 34 heavy (non-hydrogen) atoms. The summed E-state index contributed by atoms with van der Waals surface area (Å²) >= 11 is 0. The highest BCUT2D eigenvalue weighted by Crippen LogP contribution is 2.25. The van der Waals surface area contributed by atoms with Crippen LogP contribution >= 0.6 is 0 Å². The maximum absolute atomic E-state index is 12.5. The Morgan fingerprint density at radius 3 is 2.56 bits per heavy atom. The molecule has 1 heterocycles. The maximum Gasteiger partial charge on any atom is 0.344 e. The second-order valence-electron chi connectivity index (χ2n) is 8.02. The molecule has 0 aliphatic heterocycles. The van der Waals surface area contributed by atoms with E-state index in [0.717, 1.165) is 11.1 Å². The SMILES string of the molecule is CC(Oc1cccc(CN(CCCC(=O)c2ccccc2)c2nc3ccccc3o2)c1)C(=O)O. The summed E-state index contributed by atoms with van der Waals surface area (Å²) in [4.78, 5) is 30.3. The summed E-state index contributed by atoms with van der Waals surface area (Å²) in [5, 5.41) is 9.12. The first-order chi connectivity index (χ1) is 16.5. The van der Waals surface area contributed by atoms with Crippen LogP contribution in [0.2, 0.25) is 0 Å². The lowest BCUT2D eigenvalue weighted by atomic mass is 10.1. The molecule has 4 rings (SSSR count). The van der Waals surface area contributed by atoms with Crippen LogP contribution in [-0.2, 0) is 11.3 Å². The molecule has 0 saturated carbocycles. The fourth-order valence-electron chi connectivity index (χ4n) is 3.63. The number of nitrogens with zero attached hydrogens (tertiary/aromatic N) is 2. The Hall–Kier alpha value is -4.13. The van der Waals surface area contributed by atoms with Gasteiger partial charge in [-0.15, -0.1) is 0 Å². The number of oxazole rings is 1. The average Bonchev–Trinajstić information content (AvgIpc) is 3.28. The highest BCUT2D eigenvalue weighted by molar-refractivity contribution is 5.95. The van der Waals surface area contributed by atoms with Crippen molar-refractivity contribution in [2.24, 2.45) is 0 Å². The van der Waals surface area contributed by atoms with Crippen LogP contribution in [0.15, 0.2) is 83.3 Å². The number of anilines is 1. The molecule has 0 aliphatic carbocycles. The van der Waals surface area contributed by atoms with Crippen LogP contribution in [0.1, 0.15) is 35.7 Å². The summed E-state index contributed by atoms with van der Waals surface area (Å²) in [7, 11) is 0. The molecule has 3 aromatic carbocycles. The predicted octanol–water partition coefficient (Wildman–Crippen LogP) is 5.35. The molecule has 0 bridgehead atoms. The van der Waals surface area contributed by atoms with Crippen molar-refractivity contribution in [1.29, 1.82) is 0 Å². The van der Waals surface area contributed by atoms with Gasteiger partial charge in [0.25, 0.3) is 6.01 Å². The number of carboxylic acid groups (broad SMARTS) is 1. The number of fused-ring (bicyclic) bond motifs is 1. The summed E-state index contributed by atoms with van der Waals surface area (Å²) in [6.45, 7) is 2.51. The van der Waals surface area contributed by atoms with E-state index < -0.39 is 12.1 Å². The number of carbonyl (C=O) groups is 2. The minimum atomic E-state index is -1.03. The van der Waals surface area contributed by atoms with Crippen LogP contribution < -0.4 is 9.64 Å². The van der Waals surface area contributed by atoms with Crippen LogP contribution in [0, 0.1) is 0 Å². The van der Waals surface area contributed by atoms with Crippen molar-refractivity contribution in [3.8, 4) is 5.75 Å². The molecular weight excluding hydrogens is 432 g/mol. The molecule has 0 fully saturated rings. The van der Waals surface area contributed by atoms with E-state index in [0.29, 0.717) is 48.8 Å². The molecule has 1 atom stereocenters. The fraction of sp³-hybridized carbons (Fsp3) is 0.222. The Bertz CT molecular complexity index is 1240. The Morgan fingerprint density at radius 2 is 1.79 bits per heavy atom. The van der Waals surface area contributed by atoms with Gasteiger partial charge in [0, 0.05) is 25.1 Å². The Morgan fingerprint density at radius 1 is 1.03 bits per heavy atom. The lowest BCUT2D eigenvalue weighted by molar-refractivity contribution is -0.144. The number of Topliss-reactive ketones (excluding diaryl/α,β-unsaturated/α-hetero) is 1. The third kappa shape index (κ3) is 5.81. The Kier molecular flexibility index (Phi) is 7.22. The predicted molar refractivity (Wildman–Crippen MR) is 129 cm³/mol. The van der Waals surface area contributed by atoms with Crippen LogP contribution in [0.4, 0.5) is 6.01 Å². The molecule has 7 heteroatoms. The van der Waals surface area contributed by atoms with Gasteiger partial charge >= 0.3 is 5.97 Å². The lowest BCUT2D eigenvalue weighted by Crippen LogP contribution is -2.25. The molecule has 0 radical (unpaired) electrons. The highest BCUT2D eigenvalue weighted by Gasteiger charge is 2.17. The van der Waals surface area contributed by atoms with Crippen molar-refractivity contribution in [2.75, 3.05) is 11.4 Å². The van der Waals surface area contributed by atoms with Gasteiger partial charge in [-0.05, 0) is 43.2 Å². The number of carbonyl (C=O) groups excluding carboxylic acids is 1. The number of ether oxygens (including phenoxy) is 1. The van der Waals surface area contributed by atoms with E-state index in [9.17, 15) is 9.59 Å². The number of rotatable bonds is 11. The molecule has 174 valence electrons. The number of aliphatic carboxylic acids is 1. The quantitative estimate of drug-likeness (QED) is 0.303. The molecule has 7 nitrogen and oxygen atoms in total. The van der Waals surface area contributed by atoms with E-state index in [2.05, 4.69) is 4.98 Å². The molecule has 0 spiro atoms. The summed E-state index contributed by atoms with van der Waals surface area (Å²) in [6, 6.07) is 24.6. The van der Waals surface area contributed by atoms with Gasteiger partial charge in [0.2, 0.25) is 0 Å². The van der Waals surface area contributed by atoms with Gasteiger partial charge in [0.15, 0.2) is 17.5 Å². The van der Waals surface area contributed by atoms with Gasteiger partial charge in [-0.3, -0.25) is 4.79 Å². The van der Waals surface area contributed by atoms with Gasteiger partial charge in [0.05, 0.1) is 0 Å². The second-order valence-corrected chi connectivity index (χ2v) is 8.02. The van der Waals surface area contributed by atoms with E-state index in [1.54, 1.807) is 6.07 Å². The van der Waals surface area contributed by atoms with Crippen molar-refractivity contribution in [2.45, 2.75) is 32.4 Å². The van der Waals surface area contributed by atoms with Crippen LogP contribution in [-0.4, -0.2) is 34.5 Å². The zero-order valence-corrected chi connectivity index (χ0v) is 18.9. The minimum Gasteiger partial charge on any atom is -0.479 e. The largest absolute Gasteiger partial charge is 0.479 e. The zero-order valence-electron chi connectivity index (χ0n) is 18.9. The van der Waals surface area contributed by atoms with E-state index in [4.69, 9.17) is 14.3 Å². The number of carboxylic acids is 1. The molecule has 1 unspecified atom stereocenters. The fourth-order valence-corrected chi connectivity index (χ4v) is 3.63. The highest BCUT2D eigenvalue weighted by atomic mass is 16.5. The average molecular weight is 459 g/mol. The minimum absolute atomic E-state index is 0.0937. The topological polar surface area (TPSA) is 92.9 Å². The van der Waals surface area contributed by atoms with Crippen LogP contribution in [0.3, 0.4) is 0 Å². The molecule has 1 aromatic heterocycles. The number of benzene rings is 3. The summed E-state index contributed by atoms with van der Waals surface area (Å²) in [5.74, 6) is -0.457.